The van der Waals surface area contributed by atoms with Gasteiger partial charge in [0.15, 0.2) is 17.5 Å². The average Bonchev–Trinajstić information content (AvgIpc) is 2.77. The van der Waals surface area contributed by atoms with Crippen LogP contribution in [-0.4, -0.2) is 64.0 Å². The van der Waals surface area contributed by atoms with E-state index in [2.05, 4.69) is 15.0 Å². The molecule has 0 bridgehead atoms. The Morgan fingerprint density at radius 3 is 1.74 bits per heavy atom. The molecule has 1 heterocycles. The van der Waals surface area contributed by atoms with Crippen LogP contribution < -0.4 is 0 Å². The number of rotatable bonds is 8. The maximum Gasteiger partial charge on any atom is 0.325 e. The summed E-state index contributed by atoms with van der Waals surface area (Å²) in [6.45, 7) is 2.49. The van der Waals surface area contributed by atoms with Gasteiger partial charge in [-0.2, -0.15) is 0 Å². The van der Waals surface area contributed by atoms with Gasteiger partial charge in [0.2, 0.25) is 7.59 Å². The molecule has 35 heavy (non-hydrogen) atoms. The second-order valence-electron chi connectivity index (χ2n) is 6.65. The summed E-state index contributed by atoms with van der Waals surface area (Å²) in [7, 11) is 0. The second kappa shape index (κ2) is 12.6. The maximum atomic E-state index is 13.2. The first-order chi connectivity index (χ1) is 16.3. The third-order valence-corrected chi connectivity index (χ3v) is 5.06. The van der Waals surface area contributed by atoms with Crippen molar-refractivity contribution in [2.75, 3.05) is 26.3 Å². The van der Waals surface area contributed by atoms with Gasteiger partial charge in [0.25, 0.3) is 5.91 Å². The topological polar surface area (TPSA) is 112 Å². The molecule has 190 valence electrons. The van der Waals surface area contributed by atoms with Crippen LogP contribution in [0.2, 0.25) is 0 Å². The minimum atomic E-state index is -2.06. The summed E-state index contributed by atoms with van der Waals surface area (Å²) < 4.78 is 5.67. The number of esters is 2. The molecule has 0 N–H and O–H groups in total. The highest BCUT2D eigenvalue weighted by Gasteiger charge is 2.34. The zero-order valence-electron chi connectivity index (χ0n) is 18.2. The molecule has 0 saturated carbocycles. The van der Waals surface area contributed by atoms with Crippen LogP contribution in [0.25, 0.3) is 11.4 Å². The smallest absolute Gasteiger partial charge is 0.325 e. The normalized spacial score (nSPS) is 11.7. The minimum Gasteiger partial charge on any atom is -0.465 e. The third kappa shape index (κ3) is 8.77. The van der Waals surface area contributed by atoms with Crippen LogP contribution in [0.3, 0.4) is 0 Å². The molecule has 0 unspecified atom stereocenters. The van der Waals surface area contributed by atoms with E-state index >= 15 is 0 Å². The SMILES string of the molecule is CCOC(=O)CN(CC(=O)OCC)C(=O)c1cccc(-c2nc(C(Cl)(Cl)Cl)nc(C(Cl)(Cl)Cl)n2)c1. The molecule has 0 fully saturated rings. The number of alkyl halides is 6. The first kappa shape index (κ1) is 29.6. The van der Waals surface area contributed by atoms with Gasteiger partial charge in [0.05, 0.1) is 13.2 Å². The van der Waals surface area contributed by atoms with Gasteiger partial charge in [-0.25, -0.2) is 15.0 Å². The Hall–Kier alpha value is -1.62. The number of hydrogen-bond acceptors (Lipinski definition) is 8. The van der Waals surface area contributed by atoms with E-state index in [1.165, 1.54) is 18.2 Å². The Bertz CT molecular complexity index is 1040. The lowest BCUT2D eigenvalue weighted by Gasteiger charge is -2.21. The van der Waals surface area contributed by atoms with Crippen molar-refractivity contribution in [1.29, 1.82) is 0 Å². The molecule has 0 saturated heterocycles. The quantitative estimate of drug-likeness (QED) is 0.312. The molecular formula is C20H18Cl6N4O5. The van der Waals surface area contributed by atoms with Gasteiger partial charge in [0.1, 0.15) is 13.1 Å². The van der Waals surface area contributed by atoms with E-state index in [-0.39, 0.29) is 41.8 Å². The fourth-order valence-corrected chi connectivity index (χ4v) is 3.16. The number of nitrogens with zero attached hydrogens (tertiary/aromatic N) is 4. The van der Waals surface area contributed by atoms with E-state index in [0.717, 1.165) is 4.90 Å². The Kier molecular flexibility index (Phi) is 10.6. The lowest BCUT2D eigenvalue weighted by molar-refractivity contribution is -0.147. The number of aromatic nitrogens is 3. The van der Waals surface area contributed by atoms with Gasteiger partial charge in [-0.1, -0.05) is 81.7 Å². The van der Waals surface area contributed by atoms with E-state index < -0.39 is 38.5 Å². The molecule has 15 heteroatoms. The lowest BCUT2D eigenvalue weighted by atomic mass is 10.1. The largest absolute Gasteiger partial charge is 0.465 e. The van der Waals surface area contributed by atoms with Crippen LogP contribution in [0, 0.1) is 0 Å². The molecule has 0 aliphatic heterocycles. The Morgan fingerprint density at radius 1 is 0.829 bits per heavy atom. The van der Waals surface area contributed by atoms with Crippen molar-refractivity contribution in [3.05, 3.63) is 41.5 Å². The standard InChI is InChI=1S/C20H18Cl6N4O5/c1-3-34-13(31)9-30(10-14(32)35-4-2)16(33)12-7-5-6-11(8-12)15-27-17(19(21,22)23)29-18(28-15)20(24,25)26/h5-8H,3-4,9-10H2,1-2H3. The number of ether oxygens (including phenoxy) is 2. The first-order valence-corrected chi connectivity index (χ1v) is 12.1. The number of hydrogen-bond donors (Lipinski definition) is 0. The highest BCUT2D eigenvalue weighted by atomic mass is 35.6. The highest BCUT2D eigenvalue weighted by molar-refractivity contribution is 6.67. The van der Waals surface area contributed by atoms with Crippen molar-refractivity contribution in [2.24, 2.45) is 0 Å². The van der Waals surface area contributed by atoms with Crippen LogP contribution in [0.15, 0.2) is 24.3 Å². The lowest BCUT2D eigenvalue weighted by Crippen LogP contribution is -2.40. The Labute approximate surface area is 230 Å². The second-order valence-corrected chi connectivity index (χ2v) is 11.2. The molecule has 0 atom stereocenters. The highest BCUT2D eigenvalue weighted by Crippen LogP contribution is 2.40. The van der Waals surface area contributed by atoms with Crippen LogP contribution in [0.4, 0.5) is 0 Å². The molecule has 1 aromatic heterocycles. The molecule has 1 aromatic carbocycles. The number of benzene rings is 1. The summed E-state index contributed by atoms with van der Waals surface area (Å²) in [6.07, 6.45) is 0. The maximum absolute atomic E-state index is 13.2. The van der Waals surface area contributed by atoms with E-state index in [4.69, 9.17) is 79.1 Å². The van der Waals surface area contributed by atoms with Crippen LogP contribution in [0.5, 0.6) is 0 Å². The molecule has 0 spiro atoms. The van der Waals surface area contributed by atoms with Crippen molar-refractivity contribution in [1.82, 2.24) is 19.9 Å². The average molecular weight is 607 g/mol. The van der Waals surface area contributed by atoms with Gasteiger partial charge in [-0.05, 0) is 26.0 Å². The third-order valence-electron chi connectivity index (χ3n) is 4.05. The van der Waals surface area contributed by atoms with Crippen molar-refractivity contribution < 1.29 is 23.9 Å². The van der Waals surface area contributed by atoms with Crippen molar-refractivity contribution in [3.8, 4) is 11.4 Å². The Morgan fingerprint density at radius 2 is 1.31 bits per heavy atom. The zero-order valence-corrected chi connectivity index (χ0v) is 22.8. The van der Waals surface area contributed by atoms with Crippen LogP contribution >= 0.6 is 69.6 Å². The van der Waals surface area contributed by atoms with Crippen molar-refractivity contribution >= 4 is 87.5 Å². The fraction of sp³-hybridized carbons (Fsp3) is 0.400. The summed E-state index contributed by atoms with van der Waals surface area (Å²) >= 11 is 35.5. The zero-order chi connectivity index (χ0) is 26.4. The molecule has 2 rings (SSSR count). The number of amides is 1. The summed E-state index contributed by atoms with van der Waals surface area (Å²) in [5, 5.41) is 0. The number of carbonyl (C=O) groups is 3. The van der Waals surface area contributed by atoms with E-state index in [0.29, 0.717) is 0 Å². The predicted octanol–water partition coefficient (Wildman–Crippen LogP) is 4.76. The Balaban J connectivity index is 2.49. The predicted molar refractivity (Wildman–Crippen MR) is 133 cm³/mol. The van der Waals surface area contributed by atoms with E-state index in [1.54, 1.807) is 19.9 Å². The molecule has 0 aliphatic rings. The van der Waals surface area contributed by atoms with Gasteiger partial charge < -0.3 is 14.4 Å². The monoisotopic (exact) mass is 604 g/mol. The van der Waals surface area contributed by atoms with Crippen LogP contribution in [0.1, 0.15) is 35.9 Å². The summed E-state index contributed by atoms with van der Waals surface area (Å²) in [6, 6.07) is 5.92. The van der Waals surface area contributed by atoms with E-state index in [1.807, 2.05) is 0 Å². The van der Waals surface area contributed by atoms with Crippen LogP contribution in [-0.2, 0) is 26.6 Å². The van der Waals surface area contributed by atoms with Gasteiger partial charge in [-0.15, -0.1) is 0 Å². The summed E-state index contributed by atoms with van der Waals surface area (Å²) in [5.74, 6) is -2.73. The summed E-state index contributed by atoms with van der Waals surface area (Å²) in [5.41, 5.74) is 0.360. The molecule has 1 amide bonds. The molecule has 9 nitrogen and oxygen atoms in total. The summed E-state index contributed by atoms with van der Waals surface area (Å²) in [4.78, 5) is 50.3. The number of halogens is 6. The molecule has 2 aromatic rings. The minimum absolute atomic E-state index is 0.0559. The van der Waals surface area contributed by atoms with Gasteiger partial charge in [-0.3, -0.25) is 14.4 Å². The fourth-order valence-electron chi connectivity index (χ4n) is 2.66. The van der Waals surface area contributed by atoms with E-state index in [9.17, 15) is 14.4 Å². The molecular weight excluding hydrogens is 589 g/mol. The first-order valence-electron chi connectivity index (χ1n) is 9.87. The van der Waals surface area contributed by atoms with Gasteiger partial charge >= 0.3 is 11.9 Å². The number of carbonyl (C=O) groups excluding carboxylic acids is 3. The van der Waals surface area contributed by atoms with Crippen molar-refractivity contribution in [3.63, 3.8) is 0 Å². The van der Waals surface area contributed by atoms with Crippen molar-refractivity contribution in [2.45, 2.75) is 21.4 Å². The van der Waals surface area contributed by atoms with Gasteiger partial charge in [0, 0.05) is 11.1 Å². The molecule has 0 aliphatic carbocycles. The molecule has 0 radical (unpaired) electrons.